The number of fused-ring (bicyclic) bond motifs is 8. The normalized spacial score (nSPS) is 11.7. The number of aromatic nitrogens is 8. The Balaban J connectivity index is 1.18. The Bertz CT molecular complexity index is 3270. The minimum Gasteiger partial charge on any atom is -0.292 e. The van der Waals surface area contributed by atoms with Crippen molar-refractivity contribution in [2.24, 2.45) is 0 Å². The Hall–Kier alpha value is -7.84. The Labute approximate surface area is 321 Å². The topological polar surface area (TPSA) is 70.8 Å². The highest BCUT2D eigenvalue weighted by atomic mass is 15.3. The number of benzene rings is 6. The molecule has 0 amide bonds. The molecule has 0 unspecified atom stereocenters. The number of imidazole rings is 2. The molecule has 8 heteroatoms. The summed E-state index contributed by atoms with van der Waals surface area (Å²) in [5.41, 5.74) is 10.6. The molecule has 5 heterocycles. The second kappa shape index (κ2) is 12.4. The first-order valence-electron chi connectivity index (χ1n) is 18.5. The van der Waals surface area contributed by atoms with Gasteiger partial charge in [-0.3, -0.25) is 18.1 Å². The van der Waals surface area contributed by atoms with E-state index < -0.39 is 0 Å². The van der Waals surface area contributed by atoms with Crippen molar-refractivity contribution in [3.05, 3.63) is 182 Å². The van der Waals surface area contributed by atoms with E-state index in [1.54, 1.807) is 0 Å². The van der Waals surface area contributed by atoms with Crippen LogP contribution in [0.1, 0.15) is 11.4 Å². The maximum atomic E-state index is 5.42. The SMILES string of the molecule is C=Cc1c(C=C)n2c3c4ccccc4n(-c4ccccc4)c3nc2n1-c1ccc2c(c1)c1ccccc1n2-c1nc(-c2ccccc2)nc(-c2ccccc2)n1. The first-order valence-corrected chi connectivity index (χ1v) is 18.5. The molecule has 11 aromatic rings. The lowest BCUT2D eigenvalue weighted by atomic mass is 10.1. The Morgan fingerprint density at radius 2 is 0.982 bits per heavy atom. The van der Waals surface area contributed by atoms with Gasteiger partial charge in [0.25, 0.3) is 0 Å². The molecule has 0 spiro atoms. The molecule has 0 radical (unpaired) electrons. The van der Waals surface area contributed by atoms with Gasteiger partial charge in [0, 0.05) is 38.7 Å². The van der Waals surface area contributed by atoms with E-state index in [9.17, 15) is 0 Å². The maximum Gasteiger partial charge on any atom is 0.238 e. The lowest BCUT2D eigenvalue weighted by Gasteiger charge is -2.11. The molecule has 8 nitrogen and oxygen atoms in total. The van der Waals surface area contributed by atoms with Gasteiger partial charge < -0.3 is 0 Å². The monoisotopic (exact) mass is 720 g/mol. The summed E-state index contributed by atoms with van der Waals surface area (Å²) in [7, 11) is 0. The highest BCUT2D eigenvalue weighted by Gasteiger charge is 2.26. The number of nitrogens with zero attached hydrogens (tertiary/aromatic N) is 8. The van der Waals surface area contributed by atoms with Crippen LogP contribution >= 0.6 is 0 Å². The Morgan fingerprint density at radius 1 is 0.429 bits per heavy atom. The van der Waals surface area contributed by atoms with Gasteiger partial charge in [-0.05, 0) is 54.6 Å². The average molecular weight is 721 g/mol. The van der Waals surface area contributed by atoms with Crippen LogP contribution in [0.3, 0.4) is 0 Å². The number of hydrogen-bond donors (Lipinski definition) is 0. The van der Waals surface area contributed by atoms with Crippen molar-refractivity contribution in [1.82, 2.24) is 38.0 Å². The molecule has 0 aliphatic heterocycles. The van der Waals surface area contributed by atoms with Crippen molar-refractivity contribution >= 4 is 61.8 Å². The van der Waals surface area contributed by atoms with Gasteiger partial charge in [0.2, 0.25) is 11.7 Å². The summed E-state index contributed by atoms with van der Waals surface area (Å²) in [5, 5.41) is 3.24. The molecule has 0 N–H and O–H groups in total. The fraction of sp³-hybridized carbons (Fsp3) is 0. The molecular formula is C48H32N8. The van der Waals surface area contributed by atoms with Crippen LogP contribution in [0.4, 0.5) is 0 Å². The fourth-order valence-electron chi connectivity index (χ4n) is 8.19. The summed E-state index contributed by atoms with van der Waals surface area (Å²) >= 11 is 0. The zero-order valence-electron chi connectivity index (χ0n) is 30.2. The zero-order valence-corrected chi connectivity index (χ0v) is 30.2. The van der Waals surface area contributed by atoms with Crippen LogP contribution in [0.25, 0.3) is 102 Å². The average Bonchev–Trinajstić information content (AvgIpc) is 3.98. The summed E-state index contributed by atoms with van der Waals surface area (Å²) in [4.78, 5) is 20.6. The molecule has 0 bridgehead atoms. The van der Waals surface area contributed by atoms with E-state index in [4.69, 9.17) is 19.9 Å². The quantitative estimate of drug-likeness (QED) is 0.164. The van der Waals surface area contributed by atoms with Gasteiger partial charge in [-0.1, -0.05) is 128 Å². The second-order valence-electron chi connectivity index (χ2n) is 13.7. The summed E-state index contributed by atoms with van der Waals surface area (Å²) in [6, 6.07) is 53.9. The highest BCUT2D eigenvalue weighted by molar-refractivity contribution is 6.10. The van der Waals surface area contributed by atoms with Gasteiger partial charge in [-0.25, -0.2) is 4.98 Å². The van der Waals surface area contributed by atoms with E-state index in [0.717, 1.165) is 83.5 Å². The summed E-state index contributed by atoms with van der Waals surface area (Å²) in [6.07, 6.45) is 3.79. The fourth-order valence-corrected chi connectivity index (χ4v) is 8.19. The van der Waals surface area contributed by atoms with Gasteiger partial charge in [0.1, 0.15) is 5.52 Å². The molecule has 0 fully saturated rings. The molecule has 0 aliphatic carbocycles. The van der Waals surface area contributed by atoms with Crippen molar-refractivity contribution in [3.63, 3.8) is 0 Å². The van der Waals surface area contributed by atoms with Gasteiger partial charge >= 0.3 is 0 Å². The van der Waals surface area contributed by atoms with E-state index in [0.29, 0.717) is 17.6 Å². The zero-order chi connectivity index (χ0) is 37.3. The maximum absolute atomic E-state index is 5.42. The third-order valence-corrected chi connectivity index (χ3v) is 10.6. The van der Waals surface area contributed by atoms with Crippen molar-refractivity contribution in [3.8, 4) is 40.1 Å². The molecule has 6 aromatic carbocycles. The number of hydrogen-bond acceptors (Lipinski definition) is 4. The van der Waals surface area contributed by atoms with Crippen LogP contribution in [0.2, 0.25) is 0 Å². The predicted molar refractivity (Wildman–Crippen MR) is 228 cm³/mol. The standard InChI is InChI=1S/C48H32N8/c1-3-38-39(4-2)56-43-36-25-15-17-27-41(36)53(33-22-12-7-13-23-33)46(43)52-48(56)54(38)34-28-29-42-37(30-34)35-24-14-16-26-40(35)55(42)47-50-44(31-18-8-5-9-19-31)49-45(51-47)32-20-10-6-11-21-32/h3-30H,1-2H2. The van der Waals surface area contributed by atoms with Gasteiger partial charge in [-0.15, -0.1) is 0 Å². The van der Waals surface area contributed by atoms with E-state index in [1.165, 1.54) is 0 Å². The molecule has 11 rings (SSSR count). The lowest BCUT2D eigenvalue weighted by molar-refractivity contribution is 0.953. The van der Waals surface area contributed by atoms with Crippen molar-refractivity contribution in [1.29, 1.82) is 0 Å². The Morgan fingerprint density at radius 3 is 1.62 bits per heavy atom. The van der Waals surface area contributed by atoms with Gasteiger partial charge in [-0.2, -0.15) is 15.0 Å². The van der Waals surface area contributed by atoms with Crippen LogP contribution < -0.4 is 0 Å². The van der Waals surface area contributed by atoms with Crippen molar-refractivity contribution in [2.75, 3.05) is 0 Å². The smallest absolute Gasteiger partial charge is 0.238 e. The van der Waals surface area contributed by atoms with Gasteiger partial charge in [0.05, 0.1) is 27.9 Å². The first kappa shape index (κ1) is 31.7. The minimum atomic E-state index is 0.546. The van der Waals surface area contributed by atoms with E-state index in [2.05, 4.69) is 122 Å². The minimum absolute atomic E-state index is 0.546. The predicted octanol–water partition coefficient (Wildman–Crippen LogP) is 11.1. The molecule has 0 aliphatic rings. The summed E-state index contributed by atoms with van der Waals surface area (Å²) < 4.78 is 8.78. The second-order valence-corrected chi connectivity index (χ2v) is 13.7. The van der Waals surface area contributed by atoms with Crippen molar-refractivity contribution < 1.29 is 0 Å². The summed E-state index contributed by atoms with van der Waals surface area (Å²) in [6.45, 7) is 8.55. The number of para-hydroxylation sites is 3. The largest absolute Gasteiger partial charge is 0.292 e. The molecule has 0 saturated heterocycles. The molecule has 5 aromatic heterocycles. The summed E-state index contributed by atoms with van der Waals surface area (Å²) in [5.74, 6) is 2.54. The molecule has 0 atom stereocenters. The molecule has 56 heavy (non-hydrogen) atoms. The van der Waals surface area contributed by atoms with E-state index in [-0.39, 0.29) is 0 Å². The molecule has 0 saturated carbocycles. The Kier molecular flexibility index (Phi) is 6.99. The third kappa shape index (κ3) is 4.59. The lowest BCUT2D eigenvalue weighted by Crippen LogP contribution is -2.06. The number of rotatable bonds is 7. The highest BCUT2D eigenvalue weighted by Crippen LogP contribution is 2.38. The van der Waals surface area contributed by atoms with Crippen LogP contribution in [-0.4, -0.2) is 38.0 Å². The van der Waals surface area contributed by atoms with Crippen LogP contribution in [0.15, 0.2) is 171 Å². The van der Waals surface area contributed by atoms with E-state index >= 15 is 0 Å². The van der Waals surface area contributed by atoms with E-state index in [1.807, 2.05) is 78.9 Å². The third-order valence-electron chi connectivity index (χ3n) is 10.6. The first-order chi connectivity index (χ1) is 27.7. The van der Waals surface area contributed by atoms with Crippen LogP contribution in [0, 0.1) is 0 Å². The van der Waals surface area contributed by atoms with Crippen molar-refractivity contribution in [2.45, 2.75) is 0 Å². The van der Waals surface area contributed by atoms with Gasteiger partial charge in [0.15, 0.2) is 17.3 Å². The molecular weight excluding hydrogens is 689 g/mol. The van der Waals surface area contributed by atoms with Crippen LogP contribution in [0.5, 0.6) is 0 Å². The van der Waals surface area contributed by atoms with Crippen LogP contribution in [-0.2, 0) is 0 Å². The molecule has 264 valence electrons.